The van der Waals surface area contributed by atoms with Crippen molar-refractivity contribution in [3.63, 3.8) is 0 Å². The van der Waals surface area contributed by atoms with Gasteiger partial charge in [0.1, 0.15) is 5.75 Å². The van der Waals surface area contributed by atoms with E-state index in [-0.39, 0.29) is 5.56 Å². The molecule has 0 aliphatic carbocycles. The SMILES string of the molecule is COc1ccc(NC2=N[C@H](c3ccccc3C)n3c(nc(C)cc3=O)N2)cc1. The summed E-state index contributed by atoms with van der Waals surface area (Å²) in [5.41, 5.74) is 3.36. The number of hydrogen-bond acceptors (Lipinski definition) is 6. The van der Waals surface area contributed by atoms with Crippen LogP contribution >= 0.6 is 0 Å². The molecule has 0 saturated heterocycles. The number of anilines is 2. The van der Waals surface area contributed by atoms with E-state index >= 15 is 0 Å². The molecule has 2 heterocycles. The molecule has 28 heavy (non-hydrogen) atoms. The highest BCUT2D eigenvalue weighted by Crippen LogP contribution is 2.28. The number of aromatic nitrogens is 2. The van der Waals surface area contributed by atoms with Crippen molar-refractivity contribution in [3.8, 4) is 5.75 Å². The van der Waals surface area contributed by atoms with E-state index in [4.69, 9.17) is 9.73 Å². The molecule has 0 bridgehead atoms. The zero-order valence-corrected chi connectivity index (χ0v) is 15.9. The molecule has 2 N–H and O–H groups in total. The Morgan fingerprint density at radius 1 is 1.11 bits per heavy atom. The second-order valence-corrected chi connectivity index (χ2v) is 6.62. The lowest BCUT2D eigenvalue weighted by molar-refractivity contribution is 0.415. The van der Waals surface area contributed by atoms with Crippen LogP contribution in [-0.2, 0) is 0 Å². The van der Waals surface area contributed by atoms with E-state index in [0.717, 1.165) is 22.6 Å². The number of aryl methyl sites for hydroxylation is 2. The molecule has 4 rings (SSSR count). The first kappa shape index (κ1) is 17.8. The number of nitrogens with zero attached hydrogens (tertiary/aromatic N) is 3. The zero-order chi connectivity index (χ0) is 19.7. The normalized spacial score (nSPS) is 15.2. The summed E-state index contributed by atoms with van der Waals surface area (Å²) >= 11 is 0. The van der Waals surface area contributed by atoms with Gasteiger partial charge in [0.05, 0.1) is 7.11 Å². The minimum atomic E-state index is -0.501. The Bertz CT molecular complexity index is 1100. The summed E-state index contributed by atoms with van der Waals surface area (Å²) in [5, 5.41) is 6.39. The number of nitrogens with one attached hydrogen (secondary N) is 2. The summed E-state index contributed by atoms with van der Waals surface area (Å²) in [6.07, 6.45) is -0.501. The van der Waals surface area contributed by atoms with E-state index in [1.807, 2.05) is 55.5 Å². The van der Waals surface area contributed by atoms with Gasteiger partial charge in [0.15, 0.2) is 6.17 Å². The monoisotopic (exact) mass is 375 g/mol. The van der Waals surface area contributed by atoms with Crippen LogP contribution in [0.25, 0.3) is 0 Å². The van der Waals surface area contributed by atoms with E-state index < -0.39 is 6.17 Å². The number of rotatable bonds is 3. The van der Waals surface area contributed by atoms with E-state index in [1.54, 1.807) is 18.6 Å². The summed E-state index contributed by atoms with van der Waals surface area (Å²) < 4.78 is 6.78. The van der Waals surface area contributed by atoms with Crippen LogP contribution in [0.15, 0.2) is 64.4 Å². The first-order valence-corrected chi connectivity index (χ1v) is 8.97. The largest absolute Gasteiger partial charge is 0.497 e. The summed E-state index contributed by atoms with van der Waals surface area (Å²) in [6, 6.07) is 17.0. The van der Waals surface area contributed by atoms with E-state index in [9.17, 15) is 4.79 Å². The van der Waals surface area contributed by atoms with Crippen molar-refractivity contribution in [2.24, 2.45) is 4.99 Å². The number of guanidine groups is 1. The molecule has 7 nitrogen and oxygen atoms in total. The highest BCUT2D eigenvalue weighted by Gasteiger charge is 2.26. The first-order valence-electron chi connectivity index (χ1n) is 8.97. The summed E-state index contributed by atoms with van der Waals surface area (Å²) in [6.45, 7) is 3.81. The molecule has 7 heteroatoms. The molecule has 0 spiro atoms. The first-order chi connectivity index (χ1) is 13.5. The van der Waals surface area contributed by atoms with Gasteiger partial charge in [-0.25, -0.2) is 9.98 Å². The fraction of sp³-hybridized carbons (Fsp3) is 0.190. The number of fused-ring (bicyclic) bond motifs is 1. The molecule has 1 aliphatic rings. The molecular formula is C21H21N5O2. The Morgan fingerprint density at radius 3 is 2.57 bits per heavy atom. The third-order valence-electron chi connectivity index (χ3n) is 4.63. The predicted molar refractivity (Wildman–Crippen MR) is 110 cm³/mol. The fourth-order valence-electron chi connectivity index (χ4n) is 3.21. The number of methoxy groups -OCH3 is 1. The van der Waals surface area contributed by atoms with E-state index in [0.29, 0.717) is 17.6 Å². The minimum Gasteiger partial charge on any atom is -0.497 e. The van der Waals surface area contributed by atoms with Gasteiger partial charge in [-0.05, 0) is 43.7 Å². The highest BCUT2D eigenvalue weighted by molar-refractivity contribution is 6.03. The second-order valence-electron chi connectivity index (χ2n) is 6.62. The molecular weight excluding hydrogens is 354 g/mol. The lowest BCUT2D eigenvalue weighted by Crippen LogP contribution is -2.37. The maximum absolute atomic E-state index is 12.7. The average Bonchev–Trinajstić information content (AvgIpc) is 2.68. The lowest BCUT2D eigenvalue weighted by Gasteiger charge is -2.27. The van der Waals surface area contributed by atoms with Gasteiger partial charge >= 0.3 is 0 Å². The predicted octanol–water partition coefficient (Wildman–Crippen LogP) is 3.31. The fourth-order valence-corrected chi connectivity index (χ4v) is 3.21. The number of aliphatic imine (C=N–C) groups is 1. The molecule has 0 radical (unpaired) electrons. The van der Waals surface area contributed by atoms with E-state index in [1.165, 1.54) is 6.07 Å². The molecule has 0 saturated carbocycles. The maximum Gasteiger partial charge on any atom is 0.257 e. The van der Waals surface area contributed by atoms with Crippen molar-refractivity contribution in [1.29, 1.82) is 0 Å². The van der Waals surface area contributed by atoms with Crippen molar-refractivity contribution in [1.82, 2.24) is 9.55 Å². The smallest absolute Gasteiger partial charge is 0.257 e. The van der Waals surface area contributed by atoms with Gasteiger partial charge in [-0.3, -0.25) is 14.7 Å². The summed E-state index contributed by atoms with van der Waals surface area (Å²) in [7, 11) is 1.63. The van der Waals surface area contributed by atoms with Crippen LogP contribution < -0.4 is 20.9 Å². The third-order valence-corrected chi connectivity index (χ3v) is 4.63. The average molecular weight is 375 g/mol. The molecule has 3 aromatic rings. The van der Waals surface area contributed by atoms with Crippen LogP contribution in [0, 0.1) is 13.8 Å². The van der Waals surface area contributed by atoms with Gasteiger partial charge in [0.25, 0.3) is 5.56 Å². The van der Waals surface area contributed by atoms with Gasteiger partial charge in [0, 0.05) is 23.0 Å². The standard InChI is InChI=1S/C21H21N5O2/c1-13-6-4-5-7-17(13)19-24-20(23-15-8-10-16(28-3)11-9-15)25-21-22-14(2)12-18(27)26(19)21/h4-12,19H,1-3H3,(H2,22,23,24,25)/t19-/m0/s1. The van der Waals surface area contributed by atoms with Gasteiger partial charge in [-0.1, -0.05) is 24.3 Å². The zero-order valence-electron chi connectivity index (χ0n) is 15.9. The Kier molecular flexibility index (Phi) is 4.57. The molecule has 1 aromatic heterocycles. The molecule has 0 unspecified atom stereocenters. The molecule has 0 fully saturated rings. The van der Waals surface area contributed by atoms with Crippen molar-refractivity contribution >= 4 is 17.6 Å². The molecule has 0 amide bonds. The summed E-state index contributed by atoms with van der Waals surface area (Å²) in [5.74, 6) is 1.76. The Hall–Kier alpha value is -3.61. The molecule has 1 atom stereocenters. The number of benzene rings is 2. The third kappa shape index (κ3) is 3.34. The number of ether oxygens (including phenoxy) is 1. The quantitative estimate of drug-likeness (QED) is 0.734. The Morgan fingerprint density at radius 2 is 1.86 bits per heavy atom. The van der Waals surface area contributed by atoms with Gasteiger partial charge in [-0.15, -0.1) is 0 Å². The van der Waals surface area contributed by atoms with Crippen molar-refractivity contribution in [2.45, 2.75) is 20.0 Å². The molecule has 2 aromatic carbocycles. The lowest BCUT2D eigenvalue weighted by atomic mass is 10.1. The van der Waals surface area contributed by atoms with Crippen LogP contribution in [0.1, 0.15) is 23.0 Å². The number of hydrogen-bond donors (Lipinski definition) is 2. The maximum atomic E-state index is 12.7. The van der Waals surface area contributed by atoms with Crippen molar-refractivity contribution in [3.05, 3.63) is 81.8 Å². The van der Waals surface area contributed by atoms with Gasteiger partial charge in [-0.2, -0.15) is 0 Å². The van der Waals surface area contributed by atoms with Gasteiger partial charge < -0.3 is 10.1 Å². The van der Waals surface area contributed by atoms with Crippen LogP contribution in [0.4, 0.5) is 11.6 Å². The van der Waals surface area contributed by atoms with Gasteiger partial charge in [0.2, 0.25) is 11.9 Å². The highest BCUT2D eigenvalue weighted by atomic mass is 16.5. The van der Waals surface area contributed by atoms with Crippen molar-refractivity contribution in [2.75, 3.05) is 17.7 Å². The van der Waals surface area contributed by atoms with Crippen LogP contribution in [-0.4, -0.2) is 22.6 Å². The van der Waals surface area contributed by atoms with Crippen LogP contribution in [0.3, 0.4) is 0 Å². The van der Waals surface area contributed by atoms with Crippen LogP contribution in [0.2, 0.25) is 0 Å². The molecule has 1 aliphatic heterocycles. The van der Waals surface area contributed by atoms with E-state index in [2.05, 4.69) is 15.6 Å². The minimum absolute atomic E-state index is 0.143. The summed E-state index contributed by atoms with van der Waals surface area (Å²) in [4.78, 5) is 22.0. The van der Waals surface area contributed by atoms with Crippen molar-refractivity contribution < 1.29 is 4.74 Å². The Labute approximate surface area is 162 Å². The van der Waals surface area contributed by atoms with Crippen LogP contribution in [0.5, 0.6) is 5.75 Å². The second kappa shape index (κ2) is 7.19. The Balaban J connectivity index is 1.78. The topological polar surface area (TPSA) is 80.5 Å². The molecule has 142 valence electrons.